The van der Waals surface area contributed by atoms with Crippen molar-refractivity contribution in [3.8, 4) is 23.0 Å². The first-order valence-electron chi connectivity index (χ1n) is 8.72. The van der Waals surface area contributed by atoms with Crippen molar-refractivity contribution < 1.29 is 23.7 Å². The van der Waals surface area contributed by atoms with Crippen LogP contribution in [0.15, 0.2) is 36.4 Å². The van der Waals surface area contributed by atoms with Gasteiger partial charge in [-0.1, -0.05) is 23.7 Å². The third kappa shape index (κ3) is 4.22. The van der Waals surface area contributed by atoms with Crippen molar-refractivity contribution in [3.05, 3.63) is 47.0 Å². The number of benzene rings is 2. The van der Waals surface area contributed by atoms with E-state index >= 15 is 0 Å². The number of ether oxygens (including phenoxy) is 4. The Kier molecular flexibility index (Phi) is 5.96. The highest BCUT2D eigenvalue weighted by Crippen LogP contribution is 2.36. The lowest BCUT2D eigenvalue weighted by atomic mass is 10.1. The lowest BCUT2D eigenvalue weighted by molar-refractivity contribution is -0.133. The first kappa shape index (κ1) is 19.2. The highest BCUT2D eigenvalue weighted by molar-refractivity contribution is 6.32. The van der Waals surface area contributed by atoms with Gasteiger partial charge in [0.1, 0.15) is 6.10 Å². The van der Waals surface area contributed by atoms with Crippen LogP contribution in [0.4, 0.5) is 0 Å². The summed E-state index contributed by atoms with van der Waals surface area (Å²) in [4.78, 5) is 12.6. The van der Waals surface area contributed by atoms with Gasteiger partial charge < -0.3 is 24.3 Å². The second-order valence-corrected chi connectivity index (χ2v) is 6.48. The van der Waals surface area contributed by atoms with E-state index in [2.05, 4.69) is 5.32 Å². The largest absolute Gasteiger partial charge is 0.493 e. The minimum atomic E-state index is -0.736. The maximum absolute atomic E-state index is 12.6. The van der Waals surface area contributed by atoms with Crippen LogP contribution in [0.5, 0.6) is 23.0 Å². The number of nitrogens with one attached hydrogen (secondary N) is 1. The predicted molar refractivity (Wildman–Crippen MR) is 102 cm³/mol. The molecular weight excluding hydrogens is 370 g/mol. The SMILES string of the molecule is CCOc1c(Cl)cc(CNC(=O)C2Oc3ccccc3OC2C)cc1OC. The summed E-state index contributed by atoms with van der Waals surface area (Å²) >= 11 is 6.27. The van der Waals surface area contributed by atoms with Crippen LogP contribution in [0.3, 0.4) is 0 Å². The third-order valence-electron chi connectivity index (χ3n) is 4.15. The molecule has 0 bridgehead atoms. The van der Waals surface area contributed by atoms with Gasteiger partial charge in [-0.15, -0.1) is 0 Å². The number of para-hydroxylation sites is 2. The number of amides is 1. The molecule has 0 aliphatic carbocycles. The van der Waals surface area contributed by atoms with E-state index < -0.39 is 12.2 Å². The van der Waals surface area contributed by atoms with Gasteiger partial charge in [0, 0.05) is 6.54 Å². The molecule has 0 saturated carbocycles. The van der Waals surface area contributed by atoms with Crippen LogP contribution in [0, 0.1) is 0 Å². The van der Waals surface area contributed by atoms with Crippen molar-refractivity contribution in [1.82, 2.24) is 5.32 Å². The van der Waals surface area contributed by atoms with Gasteiger partial charge in [0.05, 0.1) is 18.7 Å². The first-order chi connectivity index (χ1) is 13.0. The fourth-order valence-electron chi connectivity index (χ4n) is 2.86. The maximum atomic E-state index is 12.6. The van der Waals surface area contributed by atoms with Crippen molar-refractivity contribution in [2.45, 2.75) is 32.6 Å². The summed E-state index contributed by atoms with van der Waals surface area (Å²) in [6.45, 7) is 4.42. The summed E-state index contributed by atoms with van der Waals surface area (Å²) in [7, 11) is 1.54. The van der Waals surface area contributed by atoms with Gasteiger partial charge in [0.25, 0.3) is 5.91 Å². The Hall–Kier alpha value is -2.60. The van der Waals surface area contributed by atoms with Gasteiger partial charge in [-0.25, -0.2) is 0 Å². The molecule has 1 aliphatic heterocycles. The van der Waals surface area contributed by atoms with Crippen LogP contribution in [0.25, 0.3) is 0 Å². The minimum Gasteiger partial charge on any atom is -0.493 e. The molecule has 2 unspecified atom stereocenters. The Morgan fingerprint density at radius 2 is 1.93 bits per heavy atom. The zero-order valence-electron chi connectivity index (χ0n) is 15.5. The average Bonchev–Trinajstić information content (AvgIpc) is 2.67. The zero-order valence-corrected chi connectivity index (χ0v) is 16.2. The molecule has 0 radical (unpaired) electrons. The number of methoxy groups -OCH3 is 1. The molecule has 144 valence electrons. The standard InChI is InChI=1S/C20H22ClNO5/c1-4-25-19-14(21)9-13(10-17(19)24-3)11-22-20(23)18-12(2)26-15-7-5-6-8-16(15)27-18/h5-10,12,18H,4,11H2,1-3H3,(H,22,23). The van der Waals surface area contributed by atoms with Crippen molar-refractivity contribution in [2.75, 3.05) is 13.7 Å². The average molecular weight is 392 g/mol. The van der Waals surface area contributed by atoms with Crippen molar-refractivity contribution >= 4 is 17.5 Å². The van der Waals surface area contributed by atoms with Crippen LogP contribution in [0.1, 0.15) is 19.4 Å². The smallest absolute Gasteiger partial charge is 0.265 e. The third-order valence-corrected chi connectivity index (χ3v) is 4.43. The number of fused-ring (bicyclic) bond motifs is 1. The summed E-state index contributed by atoms with van der Waals surface area (Å²) in [5, 5.41) is 3.29. The Balaban J connectivity index is 1.68. The van der Waals surface area contributed by atoms with Crippen LogP contribution in [-0.4, -0.2) is 31.8 Å². The predicted octanol–water partition coefficient (Wildman–Crippen LogP) is 3.59. The fourth-order valence-corrected chi connectivity index (χ4v) is 3.14. The number of carbonyl (C=O) groups is 1. The molecule has 1 amide bonds. The van der Waals surface area contributed by atoms with E-state index in [9.17, 15) is 4.79 Å². The number of carbonyl (C=O) groups excluding carboxylic acids is 1. The molecule has 1 N–H and O–H groups in total. The zero-order chi connectivity index (χ0) is 19.4. The lowest BCUT2D eigenvalue weighted by Crippen LogP contribution is -2.48. The monoisotopic (exact) mass is 391 g/mol. The molecule has 0 aromatic heterocycles. The van der Waals surface area contributed by atoms with Gasteiger partial charge in [-0.3, -0.25) is 4.79 Å². The van der Waals surface area contributed by atoms with Crippen LogP contribution in [0.2, 0.25) is 5.02 Å². The number of halogens is 1. The highest BCUT2D eigenvalue weighted by Gasteiger charge is 2.33. The molecule has 7 heteroatoms. The Morgan fingerprint density at radius 1 is 1.22 bits per heavy atom. The topological polar surface area (TPSA) is 66.0 Å². The van der Waals surface area contributed by atoms with Crippen LogP contribution >= 0.6 is 11.6 Å². The molecule has 2 aromatic rings. The molecule has 27 heavy (non-hydrogen) atoms. The lowest BCUT2D eigenvalue weighted by Gasteiger charge is -2.31. The second-order valence-electron chi connectivity index (χ2n) is 6.07. The van der Waals surface area contributed by atoms with Crippen molar-refractivity contribution in [2.24, 2.45) is 0 Å². The van der Waals surface area contributed by atoms with Crippen molar-refractivity contribution in [1.29, 1.82) is 0 Å². The van der Waals surface area contributed by atoms with Crippen LogP contribution < -0.4 is 24.3 Å². The molecule has 0 saturated heterocycles. The molecule has 2 aromatic carbocycles. The summed E-state index contributed by atoms with van der Waals surface area (Å²) in [6.07, 6.45) is -1.14. The first-order valence-corrected chi connectivity index (χ1v) is 9.10. The summed E-state index contributed by atoms with van der Waals surface area (Å²) < 4.78 is 22.4. The molecule has 0 fully saturated rings. The maximum Gasteiger partial charge on any atom is 0.265 e. The van der Waals surface area contributed by atoms with Gasteiger partial charge >= 0.3 is 0 Å². The Morgan fingerprint density at radius 3 is 2.59 bits per heavy atom. The molecule has 1 aliphatic rings. The van der Waals surface area contributed by atoms with Crippen LogP contribution in [-0.2, 0) is 11.3 Å². The highest BCUT2D eigenvalue weighted by atomic mass is 35.5. The van der Waals surface area contributed by atoms with Gasteiger partial charge in [-0.05, 0) is 43.7 Å². The second kappa shape index (κ2) is 8.39. The molecular formula is C20H22ClNO5. The molecule has 0 spiro atoms. The van der Waals surface area contributed by atoms with Crippen molar-refractivity contribution in [3.63, 3.8) is 0 Å². The molecule has 1 heterocycles. The molecule has 6 nitrogen and oxygen atoms in total. The van der Waals surface area contributed by atoms with Gasteiger partial charge in [0.15, 0.2) is 23.0 Å². The van der Waals surface area contributed by atoms with E-state index in [-0.39, 0.29) is 12.5 Å². The van der Waals surface area contributed by atoms with E-state index in [0.29, 0.717) is 34.6 Å². The van der Waals surface area contributed by atoms with E-state index in [1.807, 2.05) is 25.1 Å². The molecule has 3 rings (SSSR count). The number of rotatable bonds is 6. The molecule has 2 atom stereocenters. The Labute approximate surface area is 163 Å². The minimum absolute atomic E-state index is 0.263. The Bertz CT molecular complexity index is 826. The normalized spacial score (nSPS) is 17.9. The van der Waals surface area contributed by atoms with E-state index in [4.69, 9.17) is 30.5 Å². The summed E-state index contributed by atoms with van der Waals surface area (Å²) in [5.41, 5.74) is 0.790. The quantitative estimate of drug-likeness (QED) is 0.815. The number of hydrogen-bond donors (Lipinski definition) is 1. The van der Waals surface area contributed by atoms with E-state index in [1.165, 1.54) is 0 Å². The van der Waals surface area contributed by atoms with Gasteiger partial charge in [-0.2, -0.15) is 0 Å². The van der Waals surface area contributed by atoms with Gasteiger partial charge in [0.2, 0.25) is 6.10 Å². The summed E-state index contributed by atoms with van der Waals surface area (Å²) in [5.74, 6) is 1.94. The van der Waals surface area contributed by atoms with E-state index in [1.54, 1.807) is 32.2 Å². The fraction of sp³-hybridized carbons (Fsp3) is 0.350. The number of hydrogen-bond acceptors (Lipinski definition) is 5. The van der Waals surface area contributed by atoms with E-state index in [0.717, 1.165) is 5.56 Å². The summed E-state index contributed by atoms with van der Waals surface area (Å²) in [6, 6.07) is 10.8.